The molecule has 8 aromatic carbocycles. The highest BCUT2D eigenvalue weighted by molar-refractivity contribution is 7.26. The van der Waals surface area contributed by atoms with E-state index in [1.807, 2.05) is 11.3 Å². The van der Waals surface area contributed by atoms with Crippen LogP contribution in [0.25, 0.3) is 64.0 Å². The van der Waals surface area contributed by atoms with Crippen LogP contribution in [0, 0.1) is 0 Å². The molecule has 9 aromatic rings. The fraction of sp³-hybridized carbons (Fsp3) is 0.0638. The third-order valence-corrected chi connectivity index (χ3v) is 11.8. The Labute approximate surface area is 290 Å². The fourth-order valence-electron chi connectivity index (χ4n) is 8.20. The minimum atomic E-state index is -0.0363. The van der Waals surface area contributed by atoms with E-state index < -0.39 is 0 Å². The molecule has 1 aliphatic rings. The molecule has 0 fully saturated rings. The largest absolute Gasteiger partial charge is 0.310 e. The zero-order chi connectivity index (χ0) is 32.7. The van der Waals surface area contributed by atoms with Crippen LogP contribution in [-0.4, -0.2) is 0 Å². The van der Waals surface area contributed by atoms with Gasteiger partial charge in [0.15, 0.2) is 0 Å². The van der Waals surface area contributed by atoms with Crippen LogP contribution in [0.3, 0.4) is 0 Å². The average molecular weight is 644 g/mol. The van der Waals surface area contributed by atoms with Crippen molar-refractivity contribution in [2.24, 2.45) is 0 Å². The molecule has 1 aliphatic carbocycles. The molecule has 0 spiro atoms. The van der Waals surface area contributed by atoms with E-state index in [4.69, 9.17) is 0 Å². The number of hydrogen-bond donors (Lipinski definition) is 0. The lowest BCUT2D eigenvalue weighted by molar-refractivity contribution is 0.660. The quantitative estimate of drug-likeness (QED) is 0.173. The van der Waals surface area contributed by atoms with Gasteiger partial charge >= 0.3 is 0 Å². The summed E-state index contributed by atoms with van der Waals surface area (Å²) in [5.74, 6) is 0. The van der Waals surface area contributed by atoms with Crippen molar-refractivity contribution in [3.8, 4) is 22.3 Å². The van der Waals surface area contributed by atoms with Gasteiger partial charge in [0.2, 0.25) is 0 Å². The minimum Gasteiger partial charge on any atom is -0.310 e. The second-order valence-electron chi connectivity index (χ2n) is 13.8. The highest BCUT2D eigenvalue weighted by Crippen LogP contribution is 2.51. The molecule has 49 heavy (non-hydrogen) atoms. The molecule has 0 radical (unpaired) electrons. The lowest BCUT2D eigenvalue weighted by Crippen LogP contribution is -2.15. The van der Waals surface area contributed by atoms with Crippen LogP contribution in [0.15, 0.2) is 164 Å². The third-order valence-electron chi connectivity index (χ3n) is 10.6. The Morgan fingerprint density at radius 1 is 0.449 bits per heavy atom. The summed E-state index contributed by atoms with van der Waals surface area (Å²) >= 11 is 1.91. The summed E-state index contributed by atoms with van der Waals surface area (Å²) in [6.45, 7) is 4.70. The number of fused-ring (bicyclic) bond motifs is 10. The zero-order valence-electron chi connectivity index (χ0n) is 27.4. The first-order valence-electron chi connectivity index (χ1n) is 17.0. The molecule has 1 nitrogen and oxygen atoms in total. The molecule has 0 N–H and O–H groups in total. The minimum absolute atomic E-state index is 0.0363. The van der Waals surface area contributed by atoms with E-state index in [1.54, 1.807) is 0 Å². The molecular formula is C47H33NS. The number of rotatable bonds is 4. The van der Waals surface area contributed by atoms with Crippen LogP contribution in [0.2, 0.25) is 0 Å². The zero-order valence-corrected chi connectivity index (χ0v) is 28.3. The summed E-state index contributed by atoms with van der Waals surface area (Å²) in [5.41, 5.74) is 11.3. The van der Waals surface area contributed by atoms with Gasteiger partial charge in [0.05, 0.1) is 0 Å². The molecule has 0 unspecified atom stereocenters. The van der Waals surface area contributed by atoms with Crippen LogP contribution in [0.4, 0.5) is 17.1 Å². The van der Waals surface area contributed by atoms with Crippen molar-refractivity contribution in [1.82, 2.24) is 0 Å². The van der Waals surface area contributed by atoms with Crippen molar-refractivity contribution >= 4 is 70.1 Å². The number of benzene rings is 8. The first-order valence-corrected chi connectivity index (χ1v) is 17.8. The number of anilines is 3. The highest BCUT2D eigenvalue weighted by Gasteiger charge is 2.35. The third kappa shape index (κ3) is 4.31. The van der Waals surface area contributed by atoms with Crippen LogP contribution >= 0.6 is 11.3 Å². The second kappa shape index (κ2) is 10.7. The van der Waals surface area contributed by atoms with E-state index >= 15 is 0 Å². The highest BCUT2D eigenvalue weighted by atomic mass is 32.1. The van der Waals surface area contributed by atoms with Gasteiger partial charge in [-0.1, -0.05) is 141 Å². The molecule has 0 saturated carbocycles. The van der Waals surface area contributed by atoms with Crippen molar-refractivity contribution in [3.63, 3.8) is 0 Å². The van der Waals surface area contributed by atoms with E-state index in [9.17, 15) is 0 Å². The Morgan fingerprint density at radius 2 is 1.12 bits per heavy atom. The van der Waals surface area contributed by atoms with Crippen LogP contribution < -0.4 is 4.90 Å². The van der Waals surface area contributed by atoms with Gasteiger partial charge in [-0.2, -0.15) is 0 Å². The number of hydrogen-bond acceptors (Lipinski definition) is 2. The maximum atomic E-state index is 2.44. The van der Waals surface area contributed by atoms with E-state index in [0.717, 1.165) is 17.1 Å². The maximum Gasteiger partial charge on any atom is 0.0476 e. The molecule has 0 aliphatic heterocycles. The van der Waals surface area contributed by atoms with E-state index in [0.29, 0.717) is 0 Å². The molecule has 1 aromatic heterocycles. The van der Waals surface area contributed by atoms with Crippen LogP contribution in [-0.2, 0) is 5.41 Å². The van der Waals surface area contributed by atoms with Gasteiger partial charge in [0, 0.05) is 48.0 Å². The van der Waals surface area contributed by atoms with E-state index in [1.165, 1.54) is 75.1 Å². The van der Waals surface area contributed by atoms with Crippen molar-refractivity contribution in [2.45, 2.75) is 19.3 Å². The number of nitrogens with zero attached hydrogens (tertiary/aromatic N) is 1. The van der Waals surface area contributed by atoms with Gasteiger partial charge in [-0.3, -0.25) is 0 Å². The van der Waals surface area contributed by atoms with Gasteiger partial charge in [0.1, 0.15) is 0 Å². The summed E-state index contributed by atoms with van der Waals surface area (Å²) in [4.78, 5) is 2.44. The summed E-state index contributed by atoms with van der Waals surface area (Å²) in [7, 11) is 0. The molecule has 0 amide bonds. The molecule has 1 heterocycles. The predicted octanol–water partition coefficient (Wildman–Crippen LogP) is 13.8. The van der Waals surface area contributed by atoms with Crippen molar-refractivity contribution in [2.75, 3.05) is 4.90 Å². The molecule has 0 atom stereocenters. The standard InChI is InChI=1S/C47H33NS/c1-47(2)42-18-9-8-17-38(42)41-28-35(23-26-43(41)47)48(34-15-10-14-33(27-34)30-11-4-3-5-12-30)36-22-25-39-40-24-21-32-20-19-31-13-6-7-16-37(31)45(32)46(40)49-44(39)29-36/h3-29H,1-2H3. The first-order chi connectivity index (χ1) is 24.0. The molecule has 232 valence electrons. The second-order valence-corrected chi connectivity index (χ2v) is 14.8. The molecule has 10 rings (SSSR count). The van der Waals surface area contributed by atoms with Gasteiger partial charge in [0.25, 0.3) is 0 Å². The van der Waals surface area contributed by atoms with Gasteiger partial charge in [-0.25, -0.2) is 0 Å². The Morgan fingerprint density at radius 3 is 2.04 bits per heavy atom. The van der Waals surface area contributed by atoms with Crippen LogP contribution in [0.1, 0.15) is 25.0 Å². The predicted molar refractivity (Wildman–Crippen MR) is 212 cm³/mol. The summed E-state index contributed by atoms with van der Waals surface area (Å²) in [6, 6.07) is 60.6. The van der Waals surface area contributed by atoms with Gasteiger partial charge in [-0.05, 0) is 85.9 Å². The average Bonchev–Trinajstić information content (AvgIpc) is 3.63. The van der Waals surface area contributed by atoms with Gasteiger partial charge in [-0.15, -0.1) is 11.3 Å². The maximum absolute atomic E-state index is 2.44. The first kappa shape index (κ1) is 28.3. The van der Waals surface area contributed by atoms with Crippen molar-refractivity contribution in [3.05, 3.63) is 175 Å². The topological polar surface area (TPSA) is 3.24 Å². The summed E-state index contributed by atoms with van der Waals surface area (Å²) in [6.07, 6.45) is 0. The van der Waals surface area contributed by atoms with Crippen LogP contribution in [0.5, 0.6) is 0 Å². The van der Waals surface area contributed by atoms with Crippen molar-refractivity contribution in [1.29, 1.82) is 0 Å². The van der Waals surface area contributed by atoms with E-state index in [2.05, 4.69) is 183 Å². The molecule has 0 saturated heterocycles. The van der Waals surface area contributed by atoms with E-state index in [-0.39, 0.29) is 5.41 Å². The smallest absolute Gasteiger partial charge is 0.0476 e. The molecular weight excluding hydrogens is 611 g/mol. The Kier molecular flexibility index (Phi) is 6.16. The summed E-state index contributed by atoms with van der Waals surface area (Å²) < 4.78 is 2.65. The molecule has 0 bridgehead atoms. The monoisotopic (exact) mass is 643 g/mol. The Hall–Kier alpha value is -5.70. The van der Waals surface area contributed by atoms with Crippen molar-refractivity contribution < 1.29 is 0 Å². The Bertz CT molecular complexity index is 2750. The number of thiophene rings is 1. The lowest BCUT2D eigenvalue weighted by Gasteiger charge is -2.27. The van der Waals surface area contributed by atoms with Gasteiger partial charge < -0.3 is 4.90 Å². The fourth-order valence-corrected chi connectivity index (χ4v) is 9.50. The lowest BCUT2D eigenvalue weighted by atomic mass is 9.82. The Balaban J connectivity index is 1.20. The SMILES string of the molecule is CC1(C)c2ccccc2-c2cc(N(c3cccc(-c4ccccc4)c3)c3ccc4c(c3)sc3c4ccc4ccc5ccccc5c43)ccc21. The molecule has 2 heteroatoms. The normalized spacial score (nSPS) is 13.3. The summed E-state index contributed by atoms with van der Waals surface area (Å²) in [5, 5.41) is 7.87.